The molecule has 1 aromatic rings. The molecule has 1 rings (SSSR count). The minimum Gasteiger partial charge on any atom is -0.497 e. The summed E-state index contributed by atoms with van der Waals surface area (Å²) in [4.78, 5) is 13.6. The molecule has 0 radical (unpaired) electrons. The Morgan fingerprint density at radius 2 is 2.20 bits per heavy atom. The molecule has 0 saturated heterocycles. The zero-order chi connectivity index (χ0) is 15.1. The molecule has 1 amide bonds. The minimum atomic E-state index is -2.72. The highest BCUT2D eigenvalue weighted by molar-refractivity contribution is 5.95. The van der Waals surface area contributed by atoms with Crippen molar-refractivity contribution in [2.45, 2.75) is 19.3 Å². The largest absolute Gasteiger partial charge is 0.497 e. The van der Waals surface area contributed by atoms with Crippen molar-refractivity contribution >= 4 is 5.91 Å². The number of hydrogen-bond acceptors (Lipinski definition) is 2. The Kier molecular flexibility index (Phi) is 6.15. The quantitative estimate of drug-likeness (QED) is 0.564. The van der Waals surface area contributed by atoms with Crippen molar-refractivity contribution in [2.24, 2.45) is 0 Å². The van der Waals surface area contributed by atoms with Crippen LogP contribution in [0.15, 0.2) is 30.9 Å². The van der Waals surface area contributed by atoms with Crippen molar-refractivity contribution in [1.82, 2.24) is 4.90 Å². The maximum Gasteiger partial charge on any atom is 0.264 e. The van der Waals surface area contributed by atoms with Crippen LogP contribution >= 0.6 is 0 Å². The number of ether oxygens (including phenoxy) is 1. The lowest BCUT2D eigenvalue weighted by Gasteiger charge is -2.19. The number of allylic oxidation sites excluding steroid dienone is 1. The summed E-state index contributed by atoms with van der Waals surface area (Å²) >= 11 is 0. The fraction of sp³-hybridized carbons (Fsp3) is 0.400. The lowest BCUT2D eigenvalue weighted by atomic mass is 10.1. The molecule has 0 aliphatic heterocycles. The predicted octanol–water partition coefficient (Wildman–Crippen LogP) is 3.67. The van der Waals surface area contributed by atoms with E-state index < -0.39 is 12.3 Å². The van der Waals surface area contributed by atoms with Crippen LogP contribution < -0.4 is 4.74 Å². The number of methoxy groups -OCH3 is 1. The number of amides is 1. The third kappa shape index (κ3) is 4.05. The van der Waals surface area contributed by atoms with E-state index in [1.807, 2.05) is 0 Å². The highest BCUT2D eigenvalue weighted by Crippen LogP contribution is 2.28. The van der Waals surface area contributed by atoms with Gasteiger partial charge in [0, 0.05) is 24.7 Å². The summed E-state index contributed by atoms with van der Waals surface area (Å²) in [5.74, 6) is -0.0989. The maximum atomic E-state index is 13.0. The lowest BCUT2D eigenvalue weighted by molar-refractivity contribution is 0.0781. The Labute approximate surface area is 117 Å². The van der Waals surface area contributed by atoms with E-state index in [-0.39, 0.29) is 11.1 Å². The third-order valence-corrected chi connectivity index (χ3v) is 2.97. The van der Waals surface area contributed by atoms with Crippen molar-refractivity contribution in [3.63, 3.8) is 0 Å². The van der Waals surface area contributed by atoms with E-state index in [0.29, 0.717) is 12.3 Å². The maximum absolute atomic E-state index is 13.0. The standard InChI is InChI=1S/C15H19F2NO2/c1-4-5-6-9-18(2)15(19)12-8-7-11(20-3)10-13(12)14(16)17/h4,7-8,10,14H,1,5-6,9H2,2-3H3. The second-order valence-corrected chi connectivity index (χ2v) is 4.41. The van der Waals surface area contributed by atoms with Gasteiger partial charge in [0.15, 0.2) is 0 Å². The monoisotopic (exact) mass is 283 g/mol. The summed E-state index contributed by atoms with van der Waals surface area (Å²) in [5.41, 5.74) is -0.285. The molecule has 0 aliphatic rings. The number of rotatable bonds is 7. The highest BCUT2D eigenvalue weighted by atomic mass is 19.3. The first kappa shape index (κ1) is 16.1. The van der Waals surface area contributed by atoms with E-state index in [9.17, 15) is 13.6 Å². The molecule has 5 heteroatoms. The molecule has 0 heterocycles. The zero-order valence-electron chi connectivity index (χ0n) is 11.7. The first-order chi connectivity index (χ1) is 9.51. The summed E-state index contributed by atoms with van der Waals surface area (Å²) in [6.45, 7) is 4.10. The molecule has 110 valence electrons. The smallest absolute Gasteiger partial charge is 0.264 e. The van der Waals surface area contributed by atoms with E-state index in [0.717, 1.165) is 12.8 Å². The van der Waals surface area contributed by atoms with Gasteiger partial charge in [0.05, 0.1) is 7.11 Å². The first-order valence-electron chi connectivity index (χ1n) is 6.33. The topological polar surface area (TPSA) is 29.5 Å². The lowest BCUT2D eigenvalue weighted by Crippen LogP contribution is -2.28. The number of halogens is 2. The minimum absolute atomic E-state index is 0.0157. The van der Waals surface area contributed by atoms with E-state index in [4.69, 9.17) is 4.74 Å². The number of unbranched alkanes of at least 4 members (excludes halogenated alkanes) is 1. The van der Waals surface area contributed by atoms with Crippen LogP contribution in [0.1, 0.15) is 35.2 Å². The Balaban J connectivity index is 2.93. The number of carbonyl (C=O) groups excluding carboxylic acids is 1. The fourth-order valence-electron chi connectivity index (χ4n) is 1.82. The zero-order valence-corrected chi connectivity index (χ0v) is 11.7. The van der Waals surface area contributed by atoms with E-state index in [2.05, 4.69) is 6.58 Å². The van der Waals surface area contributed by atoms with Gasteiger partial charge in [0.25, 0.3) is 12.3 Å². The van der Waals surface area contributed by atoms with Gasteiger partial charge in [0.1, 0.15) is 5.75 Å². The number of alkyl halides is 2. The molecule has 0 unspecified atom stereocenters. The van der Waals surface area contributed by atoms with Gasteiger partial charge in [-0.05, 0) is 31.0 Å². The molecule has 3 nitrogen and oxygen atoms in total. The summed E-state index contributed by atoms with van der Waals surface area (Å²) in [7, 11) is 3.00. The average Bonchev–Trinajstić information content (AvgIpc) is 2.45. The molecule has 0 bridgehead atoms. The van der Waals surface area contributed by atoms with Gasteiger partial charge < -0.3 is 9.64 Å². The van der Waals surface area contributed by atoms with Crippen LogP contribution in [0.3, 0.4) is 0 Å². The van der Waals surface area contributed by atoms with Crippen molar-refractivity contribution < 1.29 is 18.3 Å². The Morgan fingerprint density at radius 1 is 1.50 bits per heavy atom. The van der Waals surface area contributed by atoms with Gasteiger partial charge in [-0.25, -0.2) is 8.78 Å². The number of benzene rings is 1. The van der Waals surface area contributed by atoms with Gasteiger partial charge in [-0.1, -0.05) is 6.08 Å². The van der Waals surface area contributed by atoms with Crippen LogP contribution in [-0.4, -0.2) is 31.5 Å². The van der Waals surface area contributed by atoms with Gasteiger partial charge in [-0.15, -0.1) is 6.58 Å². The van der Waals surface area contributed by atoms with Crippen molar-refractivity contribution in [3.8, 4) is 5.75 Å². The van der Waals surface area contributed by atoms with Gasteiger partial charge >= 0.3 is 0 Å². The summed E-state index contributed by atoms with van der Waals surface area (Å²) in [5, 5.41) is 0. The van der Waals surface area contributed by atoms with Crippen LogP contribution in [0.4, 0.5) is 8.78 Å². The number of nitrogens with zero attached hydrogens (tertiary/aromatic N) is 1. The molecule has 0 aliphatic carbocycles. The Bertz CT molecular complexity index is 475. The molecule has 0 atom stereocenters. The molecular weight excluding hydrogens is 264 g/mol. The fourth-order valence-corrected chi connectivity index (χ4v) is 1.82. The summed E-state index contributed by atoms with van der Waals surface area (Å²) < 4.78 is 31.0. The SMILES string of the molecule is C=CCCCN(C)C(=O)c1ccc(OC)cc1C(F)F. The Morgan fingerprint density at radius 3 is 2.75 bits per heavy atom. The average molecular weight is 283 g/mol. The van der Waals surface area contributed by atoms with E-state index in [1.165, 1.54) is 30.2 Å². The Hall–Kier alpha value is -1.91. The second-order valence-electron chi connectivity index (χ2n) is 4.41. The van der Waals surface area contributed by atoms with Crippen LogP contribution in [0.2, 0.25) is 0 Å². The van der Waals surface area contributed by atoms with Crippen LogP contribution in [0.25, 0.3) is 0 Å². The highest BCUT2D eigenvalue weighted by Gasteiger charge is 2.21. The molecule has 0 spiro atoms. The first-order valence-corrected chi connectivity index (χ1v) is 6.33. The number of carbonyl (C=O) groups is 1. The van der Waals surface area contributed by atoms with Crippen molar-refractivity contribution in [1.29, 1.82) is 0 Å². The second kappa shape index (κ2) is 7.62. The van der Waals surface area contributed by atoms with E-state index >= 15 is 0 Å². The number of hydrogen-bond donors (Lipinski definition) is 0. The molecule has 20 heavy (non-hydrogen) atoms. The molecule has 0 aromatic heterocycles. The van der Waals surface area contributed by atoms with E-state index in [1.54, 1.807) is 13.1 Å². The van der Waals surface area contributed by atoms with Crippen LogP contribution in [-0.2, 0) is 0 Å². The van der Waals surface area contributed by atoms with Crippen LogP contribution in [0.5, 0.6) is 5.75 Å². The predicted molar refractivity (Wildman–Crippen MR) is 74.3 cm³/mol. The van der Waals surface area contributed by atoms with Gasteiger partial charge in [-0.3, -0.25) is 4.79 Å². The molecule has 0 fully saturated rings. The molecule has 0 N–H and O–H groups in total. The normalized spacial score (nSPS) is 10.4. The summed E-state index contributed by atoms with van der Waals surface area (Å²) in [6.07, 6.45) is 0.579. The van der Waals surface area contributed by atoms with Gasteiger partial charge in [0.2, 0.25) is 0 Å². The third-order valence-electron chi connectivity index (χ3n) is 2.97. The molecule has 1 aromatic carbocycles. The van der Waals surface area contributed by atoms with Gasteiger partial charge in [-0.2, -0.15) is 0 Å². The van der Waals surface area contributed by atoms with Crippen LogP contribution in [0, 0.1) is 0 Å². The molecule has 0 saturated carbocycles. The summed E-state index contributed by atoms with van der Waals surface area (Å²) in [6, 6.07) is 4.10. The van der Waals surface area contributed by atoms with Crippen molar-refractivity contribution in [3.05, 3.63) is 42.0 Å². The molecular formula is C15H19F2NO2. The van der Waals surface area contributed by atoms with Crippen molar-refractivity contribution in [2.75, 3.05) is 20.7 Å².